The molecule has 0 saturated heterocycles. The fraction of sp³-hybridized carbons (Fsp3) is 0.304. The van der Waals surface area contributed by atoms with Gasteiger partial charge in [0.05, 0.1) is 11.2 Å². The second-order valence-corrected chi connectivity index (χ2v) is 7.44. The van der Waals surface area contributed by atoms with Gasteiger partial charge in [0, 0.05) is 17.0 Å². The Morgan fingerprint density at radius 3 is 2.67 bits per heavy atom. The van der Waals surface area contributed by atoms with Gasteiger partial charge >= 0.3 is 5.69 Å². The number of hydrogen-bond donors (Lipinski definition) is 1. The minimum absolute atomic E-state index is 0.260. The van der Waals surface area contributed by atoms with E-state index in [9.17, 15) is 4.79 Å². The highest BCUT2D eigenvalue weighted by atomic mass is 16.1. The van der Waals surface area contributed by atoms with Gasteiger partial charge in [-0.3, -0.25) is 4.57 Å². The van der Waals surface area contributed by atoms with Crippen LogP contribution in [0.1, 0.15) is 49.7 Å². The van der Waals surface area contributed by atoms with Crippen LogP contribution in [0.4, 0.5) is 5.82 Å². The lowest BCUT2D eigenvalue weighted by Gasteiger charge is -2.16. The first kappa shape index (κ1) is 16.1. The molecule has 0 amide bonds. The van der Waals surface area contributed by atoms with Gasteiger partial charge in [0.25, 0.3) is 0 Å². The van der Waals surface area contributed by atoms with E-state index in [0.717, 1.165) is 35.0 Å². The van der Waals surface area contributed by atoms with Crippen LogP contribution in [0.5, 0.6) is 0 Å². The molecule has 0 atom stereocenters. The highest BCUT2D eigenvalue weighted by Gasteiger charge is 2.26. The summed E-state index contributed by atoms with van der Waals surface area (Å²) in [6.07, 6.45) is 4.74. The van der Waals surface area contributed by atoms with Gasteiger partial charge in [0.1, 0.15) is 5.82 Å². The van der Waals surface area contributed by atoms with E-state index >= 15 is 0 Å². The van der Waals surface area contributed by atoms with Gasteiger partial charge in [-0.25, -0.2) is 4.79 Å². The first-order valence-corrected chi connectivity index (χ1v) is 9.60. The van der Waals surface area contributed by atoms with Gasteiger partial charge in [-0.05, 0) is 68.4 Å². The van der Waals surface area contributed by atoms with Crippen molar-refractivity contribution in [2.24, 2.45) is 0 Å². The minimum Gasteiger partial charge on any atom is -0.367 e. The fourth-order valence-corrected chi connectivity index (χ4v) is 3.59. The van der Waals surface area contributed by atoms with Crippen molar-refractivity contribution in [3.63, 3.8) is 0 Å². The van der Waals surface area contributed by atoms with E-state index in [1.807, 2.05) is 31.2 Å². The van der Waals surface area contributed by atoms with Gasteiger partial charge in [0.2, 0.25) is 0 Å². The summed E-state index contributed by atoms with van der Waals surface area (Å²) in [6.45, 7) is 1.81. The number of benzene rings is 2. The Bertz CT molecular complexity index is 1160. The van der Waals surface area contributed by atoms with Crippen LogP contribution in [0.15, 0.2) is 47.3 Å². The molecule has 1 aromatic heterocycles. The highest BCUT2D eigenvalue weighted by molar-refractivity contribution is 5.91. The quantitative estimate of drug-likeness (QED) is 0.713. The smallest absolute Gasteiger partial charge is 0.354 e. The Hall–Kier alpha value is -3.06. The average Bonchev–Trinajstić information content (AvgIpc) is 3.57. The van der Waals surface area contributed by atoms with Crippen molar-refractivity contribution in [3.8, 4) is 17.5 Å². The average molecular weight is 355 g/mol. The van der Waals surface area contributed by atoms with Gasteiger partial charge in [-0.1, -0.05) is 24.1 Å². The van der Waals surface area contributed by atoms with Crippen LogP contribution >= 0.6 is 0 Å². The summed E-state index contributed by atoms with van der Waals surface area (Å²) < 4.78 is 1.72. The van der Waals surface area contributed by atoms with Crippen molar-refractivity contribution < 1.29 is 0 Å². The monoisotopic (exact) mass is 355 g/mol. The summed E-state index contributed by atoms with van der Waals surface area (Å²) in [4.78, 5) is 17.5. The van der Waals surface area contributed by atoms with E-state index < -0.39 is 0 Å². The standard InChI is InChI=1S/C23H21N3O/c1-2-5-16-6-3-4-7-20(16)26-21-14-17(15-8-9-15)10-13-19(21)22(25-23(26)27)24-18-11-12-18/h3-4,6-7,10,13-15,18H,8-9,11-12H2,1H3,(H,24,25,27). The van der Waals surface area contributed by atoms with E-state index in [0.29, 0.717) is 17.8 Å². The van der Waals surface area contributed by atoms with Crippen LogP contribution in [-0.4, -0.2) is 15.6 Å². The summed E-state index contributed by atoms with van der Waals surface area (Å²) in [7, 11) is 0. The van der Waals surface area contributed by atoms with Crippen molar-refractivity contribution in [1.29, 1.82) is 0 Å². The molecule has 134 valence electrons. The molecule has 4 heteroatoms. The summed E-state index contributed by atoms with van der Waals surface area (Å²) >= 11 is 0. The van der Waals surface area contributed by atoms with Gasteiger partial charge in [0.15, 0.2) is 0 Å². The number of rotatable bonds is 4. The lowest BCUT2D eigenvalue weighted by molar-refractivity contribution is 0.946. The molecule has 3 aromatic rings. The van der Waals surface area contributed by atoms with Crippen LogP contribution in [0.3, 0.4) is 0 Å². The molecule has 0 bridgehead atoms. The molecule has 2 fully saturated rings. The summed E-state index contributed by atoms with van der Waals surface area (Å²) in [5.74, 6) is 7.39. The molecule has 2 aliphatic rings. The molecular weight excluding hydrogens is 334 g/mol. The lowest BCUT2D eigenvalue weighted by atomic mass is 10.1. The topological polar surface area (TPSA) is 46.9 Å². The van der Waals surface area contributed by atoms with Crippen molar-refractivity contribution in [1.82, 2.24) is 9.55 Å². The van der Waals surface area contributed by atoms with Crippen LogP contribution in [-0.2, 0) is 0 Å². The normalized spacial score (nSPS) is 16.0. The fourth-order valence-electron chi connectivity index (χ4n) is 3.59. The molecule has 27 heavy (non-hydrogen) atoms. The number of anilines is 1. The third-order valence-electron chi connectivity index (χ3n) is 5.29. The maximum absolute atomic E-state index is 13.1. The van der Waals surface area contributed by atoms with Crippen LogP contribution in [0.25, 0.3) is 16.6 Å². The van der Waals surface area contributed by atoms with Crippen LogP contribution in [0.2, 0.25) is 0 Å². The van der Waals surface area contributed by atoms with Crippen molar-refractivity contribution in [2.45, 2.75) is 44.6 Å². The zero-order valence-electron chi connectivity index (χ0n) is 15.3. The molecule has 1 heterocycles. The molecule has 0 aliphatic heterocycles. The maximum Gasteiger partial charge on any atom is 0.354 e. The second-order valence-electron chi connectivity index (χ2n) is 7.44. The Balaban J connectivity index is 1.80. The number of nitrogens with one attached hydrogen (secondary N) is 1. The molecule has 0 spiro atoms. The van der Waals surface area contributed by atoms with E-state index in [-0.39, 0.29) is 5.69 Å². The van der Waals surface area contributed by atoms with E-state index in [2.05, 4.69) is 40.3 Å². The van der Waals surface area contributed by atoms with E-state index in [1.165, 1.54) is 18.4 Å². The summed E-state index contributed by atoms with van der Waals surface area (Å²) in [5, 5.41) is 4.42. The molecule has 5 rings (SSSR count). The maximum atomic E-state index is 13.1. The summed E-state index contributed by atoms with van der Waals surface area (Å²) in [5.41, 5.74) is 3.58. The molecule has 0 radical (unpaired) electrons. The SMILES string of the molecule is CC#Cc1ccccc1-n1c(=O)nc(NC2CC2)c2ccc(C3CC3)cc21. The van der Waals surface area contributed by atoms with E-state index in [4.69, 9.17) is 0 Å². The molecule has 4 nitrogen and oxygen atoms in total. The Morgan fingerprint density at radius 1 is 1.11 bits per heavy atom. The molecule has 2 aliphatic carbocycles. The molecule has 1 N–H and O–H groups in total. The zero-order valence-corrected chi connectivity index (χ0v) is 15.3. The molecule has 2 aromatic carbocycles. The third-order valence-corrected chi connectivity index (χ3v) is 5.29. The molecule has 2 saturated carbocycles. The van der Waals surface area contributed by atoms with Gasteiger partial charge < -0.3 is 5.32 Å². The van der Waals surface area contributed by atoms with Gasteiger partial charge in [-0.15, -0.1) is 5.92 Å². The molecular formula is C23H21N3O. The minimum atomic E-state index is -0.260. The lowest BCUT2D eigenvalue weighted by Crippen LogP contribution is -2.24. The Labute approximate surface area is 158 Å². The number of fused-ring (bicyclic) bond motifs is 1. The number of nitrogens with zero attached hydrogens (tertiary/aromatic N) is 2. The summed E-state index contributed by atoms with van der Waals surface area (Å²) in [6, 6.07) is 14.7. The number of aromatic nitrogens is 2. The van der Waals surface area contributed by atoms with Crippen molar-refractivity contribution in [2.75, 3.05) is 5.32 Å². The predicted octanol–water partition coefficient (Wildman–Crippen LogP) is 4.21. The Morgan fingerprint density at radius 2 is 1.93 bits per heavy atom. The van der Waals surface area contributed by atoms with Crippen molar-refractivity contribution >= 4 is 16.7 Å². The van der Waals surface area contributed by atoms with E-state index in [1.54, 1.807) is 4.57 Å². The van der Waals surface area contributed by atoms with Crippen molar-refractivity contribution in [3.05, 3.63) is 64.1 Å². The second kappa shape index (κ2) is 6.28. The first-order chi connectivity index (χ1) is 13.2. The van der Waals surface area contributed by atoms with Gasteiger partial charge in [-0.2, -0.15) is 4.98 Å². The first-order valence-electron chi connectivity index (χ1n) is 9.60. The van der Waals surface area contributed by atoms with Crippen LogP contribution in [0, 0.1) is 11.8 Å². The third kappa shape index (κ3) is 3.00. The Kier molecular flexibility index (Phi) is 3.75. The zero-order chi connectivity index (χ0) is 18.4. The highest BCUT2D eigenvalue weighted by Crippen LogP contribution is 2.41. The number of para-hydroxylation sites is 1. The number of hydrogen-bond acceptors (Lipinski definition) is 3. The predicted molar refractivity (Wildman–Crippen MR) is 109 cm³/mol. The van der Waals surface area contributed by atoms with Crippen LogP contribution < -0.4 is 11.0 Å². The molecule has 0 unspecified atom stereocenters. The largest absolute Gasteiger partial charge is 0.367 e.